The Balaban J connectivity index is 1.25. The molecular weight excluding hydrogens is 488 g/mol. The fourth-order valence-electron chi connectivity index (χ4n) is 4.74. The van der Waals surface area contributed by atoms with Crippen molar-refractivity contribution in [2.75, 3.05) is 30.6 Å². The Morgan fingerprint density at radius 1 is 1.05 bits per heavy atom. The number of ether oxygens (including phenoxy) is 1. The summed E-state index contributed by atoms with van der Waals surface area (Å²) in [6, 6.07) is 15.6. The van der Waals surface area contributed by atoms with Gasteiger partial charge in [0.1, 0.15) is 11.5 Å². The number of carbonyl (C=O) groups is 1. The second-order valence-electron chi connectivity index (χ2n) is 10.0. The lowest BCUT2D eigenvalue weighted by molar-refractivity contribution is 0.114. The second kappa shape index (κ2) is 12.5. The van der Waals surface area contributed by atoms with Gasteiger partial charge in [0.15, 0.2) is 0 Å². The van der Waals surface area contributed by atoms with Crippen molar-refractivity contribution >= 4 is 21.7 Å². The Morgan fingerprint density at radius 3 is 2.22 bits per heavy atom. The van der Waals surface area contributed by atoms with Crippen molar-refractivity contribution in [3.63, 3.8) is 0 Å². The van der Waals surface area contributed by atoms with Gasteiger partial charge in [-0.3, -0.25) is 9.62 Å². The molecular formula is C28H38N4O4S. The molecule has 37 heavy (non-hydrogen) atoms. The van der Waals surface area contributed by atoms with E-state index in [4.69, 9.17) is 4.74 Å². The van der Waals surface area contributed by atoms with Crippen LogP contribution in [0.5, 0.6) is 11.5 Å². The number of urea groups is 1. The number of likely N-dealkylation sites (tertiary alicyclic amines) is 1. The molecule has 200 valence electrons. The zero-order valence-electron chi connectivity index (χ0n) is 21.6. The summed E-state index contributed by atoms with van der Waals surface area (Å²) in [6.45, 7) is 7.33. The fraction of sp³-hybridized carbons (Fsp3) is 0.464. The molecule has 2 aromatic rings. The SMILES string of the molecule is C=CCCN(C(=O)NC1CCC1)C1CCN(Cc2ccc(Oc3ccc(NS(C)(=O)=O)cc3)cc2)CC1. The molecule has 2 N–H and O–H groups in total. The number of hydrogen-bond donors (Lipinski definition) is 2. The van der Waals surface area contributed by atoms with Crippen LogP contribution in [-0.4, -0.2) is 62.2 Å². The van der Waals surface area contributed by atoms with E-state index in [1.807, 2.05) is 23.1 Å². The van der Waals surface area contributed by atoms with Gasteiger partial charge in [0.25, 0.3) is 0 Å². The molecule has 0 unspecified atom stereocenters. The molecule has 0 aromatic heterocycles. The first kappa shape index (κ1) is 27.0. The van der Waals surface area contributed by atoms with Crippen LogP contribution < -0.4 is 14.8 Å². The highest BCUT2D eigenvalue weighted by Gasteiger charge is 2.29. The monoisotopic (exact) mass is 526 g/mol. The first-order valence-electron chi connectivity index (χ1n) is 13.0. The topological polar surface area (TPSA) is 91.0 Å². The van der Waals surface area contributed by atoms with Crippen LogP contribution in [0.25, 0.3) is 0 Å². The zero-order chi connectivity index (χ0) is 26.3. The Hall–Kier alpha value is -3.04. The number of amides is 2. The molecule has 2 aliphatic rings. The van der Waals surface area contributed by atoms with Crippen LogP contribution in [0.15, 0.2) is 61.2 Å². The van der Waals surface area contributed by atoms with E-state index in [1.54, 1.807) is 24.3 Å². The highest BCUT2D eigenvalue weighted by atomic mass is 32.2. The number of benzene rings is 2. The minimum Gasteiger partial charge on any atom is -0.457 e. The predicted octanol–water partition coefficient (Wildman–Crippen LogP) is 4.96. The van der Waals surface area contributed by atoms with E-state index >= 15 is 0 Å². The second-order valence-corrected chi connectivity index (χ2v) is 11.7. The summed E-state index contributed by atoms with van der Waals surface area (Å²) < 4.78 is 31.0. The largest absolute Gasteiger partial charge is 0.457 e. The van der Waals surface area contributed by atoms with E-state index in [1.165, 1.54) is 12.0 Å². The minimum absolute atomic E-state index is 0.0851. The number of piperidine rings is 1. The van der Waals surface area contributed by atoms with Crippen molar-refractivity contribution in [2.24, 2.45) is 0 Å². The third kappa shape index (κ3) is 8.23. The normalized spacial score (nSPS) is 17.0. The standard InChI is InChI=1S/C28H38N4O4S/c1-3-4-18-32(28(33)29-23-6-5-7-23)25-16-19-31(20-17-25)21-22-8-12-26(13-9-22)36-27-14-10-24(11-15-27)30-37(2,34)35/h3,8-15,23,25,30H,1,4-7,16-21H2,2H3,(H,29,33). The molecule has 0 bridgehead atoms. The van der Waals surface area contributed by atoms with Gasteiger partial charge in [0.2, 0.25) is 10.0 Å². The molecule has 1 saturated heterocycles. The maximum absolute atomic E-state index is 12.9. The highest BCUT2D eigenvalue weighted by molar-refractivity contribution is 7.92. The van der Waals surface area contributed by atoms with E-state index in [0.717, 1.165) is 70.3 Å². The molecule has 4 rings (SSSR count). The van der Waals surface area contributed by atoms with Crippen LogP contribution in [0.2, 0.25) is 0 Å². The lowest BCUT2D eigenvalue weighted by Gasteiger charge is -2.40. The van der Waals surface area contributed by atoms with Crippen LogP contribution in [0, 0.1) is 0 Å². The van der Waals surface area contributed by atoms with E-state index < -0.39 is 10.0 Å². The number of sulfonamides is 1. The Bertz CT molecular complexity index is 1140. The van der Waals surface area contributed by atoms with E-state index in [-0.39, 0.29) is 12.1 Å². The summed E-state index contributed by atoms with van der Waals surface area (Å²) in [4.78, 5) is 17.4. The molecule has 1 aliphatic heterocycles. The molecule has 2 amide bonds. The Labute approximate surface area is 220 Å². The zero-order valence-corrected chi connectivity index (χ0v) is 22.4. The van der Waals surface area contributed by atoms with Crippen molar-refractivity contribution in [2.45, 2.75) is 57.2 Å². The molecule has 1 aliphatic carbocycles. The third-order valence-corrected chi connectivity index (χ3v) is 7.59. The smallest absolute Gasteiger partial charge is 0.317 e. The summed E-state index contributed by atoms with van der Waals surface area (Å²) in [7, 11) is -3.30. The summed E-state index contributed by atoms with van der Waals surface area (Å²) in [5.74, 6) is 1.36. The number of nitrogens with one attached hydrogen (secondary N) is 2. The highest BCUT2D eigenvalue weighted by Crippen LogP contribution is 2.25. The van der Waals surface area contributed by atoms with Gasteiger partial charge in [-0.05, 0) is 80.5 Å². The molecule has 2 aromatic carbocycles. The molecule has 1 saturated carbocycles. The first-order chi connectivity index (χ1) is 17.8. The quantitative estimate of drug-likeness (QED) is 0.404. The van der Waals surface area contributed by atoms with Crippen molar-refractivity contribution in [3.8, 4) is 11.5 Å². The van der Waals surface area contributed by atoms with Gasteiger partial charge in [-0.25, -0.2) is 13.2 Å². The lowest BCUT2D eigenvalue weighted by atomic mass is 9.93. The summed E-state index contributed by atoms with van der Waals surface area (Å²) in [6.07, 6.45) is 9.17. The average molecular weight is 527 g/mol. The molecule has 0 atom stereocenters. The number of anilines is 1. The van der Waals surface area contributed by atoms with Gasteiger partial charge in [-0.2, -0.15) is 0 Å². The number of carbonyl (C=O) groups excluding carboxylic acids is 1. The molecule has 1 heterocycles. The minimum atomic E-state index is -3.30. The Morgan fingerprint density at radius 2 is 1.68 bits per heavy atom. The molecule has 9 heteroatoms. The van der Waals surface area contributed by atoms with Crippen LogP contribution >= 0.6 is 0 Å². The van der Waals surface area contributed by atoms with Gasteiger partial charge in [-0.1, -0.05) is 18.2 Å². The van der Waals surface area contributed by atoms with Crippen LogP contribution in [0.3, 0.4) is 0 Å². The van der Waals surface area contributed by atoms with Crippen molar-refractivity contribution in [1.29, 1.82) is 0 Å². The molecule has 2 fully saturated rings. The molecule has 0 spiro atoms. The Kier molecular flexibility index (Phi) is 9.10. The maximum atomic E-state index is 12.9. The number of rotatable bonds is 11. The summed E-state index contributed by atoms with van der Waals surface area (Å²) in [5, 5.41) is 3.21. The van der Waals surface area contributed by atoms with Crippen LogP contribution in [0.4, 0.5) is 10.5 Å². The average Bonchev–Trinajstić information content (AvgIpc) is 2.84. The lowest BCUT2D eigenvalue weighted by Crippen LogP contribution is -2.53. The number of nitrogens with zero attached hydrogens (tertiary/aromatic N) is 2. The summed E-state index contributed by atoms with van der Waals surface area (Å²) in [5.41, 5.74) is 1.71. The fourth-order valence-corrected chi connectivity index (χ4v) is 5.31. The third-order valence-electron chi connectivity index (χ3n) is 6.99. The van der Waals surface area contributed by atoms with Crippen molar-refractivity contribution < 1.29 is 17.9 Å². The van der Waals surface area contributed by atoms with E-state index in [9.17, 15) is 13.2 Å². The van der Waals surface area contributed by atoms with Gasteiger partial charge in [0, 0.05) is 44.0 Å². The maximum Gasteiger partial charge on any atom is 0.317 e. The van der Waals surface area contributed by atoms with E-state index in [2.05, 4.69) is 33.7 Å². The van der Waals surface area contributed by atoms with Crippen molar-refractivity contribution in [3.05, 3.63) is 66.7 Å². The van der Waals surface area contributed by atoms with Gasteiger partial charge >= 0.3 is 6.03 Å². The van der Waals surface area contributed by atoms with Crippen molar-refractivity contribution in [1.82, 2.24) is 15.1 Å². The predicted molar refractivity (Wildman–Crippen MR) is 147 cm³/mol. The van der Waals surface area contributed by atoms with Crippen LogP contribution in [0.1, 0.15) is 44.1 Å². The first-order valence-corrected chi connectivity index (χ1v) is 14.9. The van der Waals surface area contributed by atoms with Crippen LogP contribution in [-0.2, 0) is 16.6 Å². The van der Waals surface area contributed by atoms with Gasteiger partial charge < -0.3 is 15.0 Å². The number of hydrogen-bond acceptors (Lipinski definition) is 5. The summed E-state index contributed by atoms with van der Waals surface area (Å²) >= 11 is 0. The molecule has 0 radical (unpaired) electrons. The van der Waals surface area contributed by atoms with E-state index in [0.29, 0.717) is 17.5 Å². The molecule has 8 nitrogen and oxygen atoms in total. The van der Waals surface area contributed by atoms with Gasteiger partial charge in [-0.15, -0.1) is 6.58 Å². The van der Waals surface area contributed by atoms with Gasteiger partial charge in [0.05, 0.1) is 6.26 Å².